The molecule has 1 saturated heterocycles. The maximum Gasteiger partial charge on any atom is 0.313 e. The number of rotatable bonds is 4. The Morgan fingerprint density at radius 2 is 1.79 bits per heavy atom. The first kappa shape index (κ1) is 23.1. The molecule has 7 nitrogen and oxygen atoms in total. The van der Waals surface area contributed by atoms with Crippen LogP contribution in [0.5, 0.6) is 5.88 Å². The van der Waals surface area contributed by atoms with Crippen molar-refractivity contribution >= 4 is 21.0 Å². The number of fused-ring (bicyclic) bond motifs is 4. The van der Waals surface area contributed by atoms with Gasteiger partial charge < -0.3 is 9.30 Å². The molecule has 0 spiro atoms. The Bertz CT molecular complexity index is 1430. The zero-order chi connectivity index (χ0) is 24.4. The number of ether oxygens (including phenoxy) is 1. The third-order valence-corrected chi connectivity index (χ3v) is 8.63. The van der Waals surface area contributed by atoms with E-state index in [9.17, 15) is 13.2 Å². The van der Waals surface area contributed by atoms with Crippen molar-refractivity contribution in [2.75, 3.05) is 6.54 Å². The molecule has 180 valence electrons. The van der Waals surface area contributed by atoms with E-state index in [1.54, 1.807) is 29.3 Å². The van der Waals surface area contributed by atoms with Crippen molar-refractivity contribution in [3.05, 3.63) is 69.9 Å². The molecule has 1 aromatic heterocycles. The maximum atomic E-state index is 13.7. The predicted octanol–water partition coefficient (Wildman–Crippen LogP) is 4.13. The topological polar surface area (TPSA) is 77.8 Å². The van der Waals surface area contributed by atoms with Gasteiger partial charge in [-0.2, -0.15) is 17.8 Å². The van der Waals surface area contributed by atoms with E-state index < -0.39 is 15.7 Å². The fraction of sp³-hybridized carbons (Fsp3) is 0.423. The second-order valence-electron chi connectivity index (χ2n) is 9.88. The van der Waals surface area contributed by atoms with Gasteiger partial charge in [0.1, 0.15) is 5.60 Å². The van der Waals surface area contributed by atoms with E-state index in [2.05, 4.69) is 0 Å². The quantitative estimate of drug-likeness (QED) is 0.556. The lowest BCUT2D eigenvalue weighted by Crippen LogP contribution is -2.47. The lowest BCUT2D eigenvalue weighted by atomic mass is 9.73. The molecule has 1 unspecified atom stereocenters. The zero-order valence-electron chi connectivity index (χ0n) is 20.1. The molecule has 5 rings (SSSR count). The number of hydroxylamine groups is 2. The average Bonchev–Trinajstić information content (AvgIpc) is 3.16. The highest BCUT2D eigenvalue weighted by Gasteiger charge is 2.56. The molecule has 2 aliphatic heterocycles. The van der Waals surface area contributed by atoms with Crippen LogP contribution in [0.1, 0.15) is 44.2 Å². The van der Waals surface area contributed by atoms with Gasteiger partial charge in [0.25, 0.3) is 0 Å². The van der Waals surface area contributed by atoms with Crippen molar-refractivity contribution in [1.29, 1.82) is 0 Å². The van der Waals surface area contributed by atoms with Crippen LogP contribution >= 0.6 is 0 Å². The van der Waals surface area contributed by atoms with E-state index in [0.29, 0.717) is 29.8 Å². The molecule has 0 amide bonds. The second-order valence-corrected chi connectivity index (χ2v) is 11.4. The second kappa shape index (κ2) is 7.93. The summed E-state index contributed by atoms with van der Waals surface area (Å²) in [5, 5.41) is 2.19. The van der Waals surface area contributed by atoms with Crippen LogP contribution in [0.2, 0.25) is 0 Å². The van der Waals surface area contributed by atoms with Crippen LogP contribution in [0.15, 0.2) is 58.2 Å². The van der Waals surface area contributed by atoms with Gasteiger partial charge in [0.05, 0.1) is 16.0 Å². The third-order valence-electron chi connectivity index (χ3n) is 7.39. The van der Waals surface area contributed by atoms with Crippen LogP contribution in [-0.4, -0.2) is 36.2 Å². The van der Waals surface area contributed by atoms with Crippen LogP contribution < -0.4 is 10.2 Å². The van der Waals surface area contributed by atoms with Crippen LogP contribution in [-0.2, 0) is 21.4 Å². The minimum atomic E-state index is -4.01. The number of aryl methyl sites for hydroxylation is 2. The number of aromatic nitrogens is 1. The average molecular weight is 483 g/mol. The molecular weight excluding hydrogens is 452 g/mol. The summed E-state index contributed by atoms with van der Waals surface area (Å²) in [5.74, 6) is 0.212. The largest absolute Gasteiger partial charge is 0.472 e. The van der Waals surface area contributed by atoms with Crippen LogP contribution in [0.25, 0.3) is 10.9 Å². The highest BCUT2D eigenvalue weighted by molar-refractivity contribution is 7.86. The van der Waals surface area contributed by atoms with Crippen LogP contribution in [0.3, 0.4) is 0 Å². The highest BCUT2D eigenvalue weighted by Crippen LogP contribution is 2.52. The van der Waals surface area contributed by atoms with Crippen molar-refractivity contribution < 1.29 is 17.4 Å². The fourth-order valence-corrected chi connectivity index (χ4v) is 6.56. The molecule has 8 heteroatoms. The summed E-state index contributed by atoms with van der Waals surface area (Å²) in [5.41, 5.74) is 1.70. The molecule has 3 atom stereocenters. The van der Waals surface area contributed by atoms with Crippen molar-refractivity contribution in [2.24, 2.45) is 13.0 Å². The number of hydrogen-bond donors (Lipinski definition) is 0. The normalized spacial score (nSPS) is 24.0. The molecule has 0 bridgehead atoms. The molecule has 0 saturated carbocycles. The first-order valence-corrected chi connectivity index (χ1v) is 13.0. The van der Waals surface area contributed by atoms with Gasteiger partial charge in [0.2, 0.25) is 5.88 Å². The van der Waals surface area contributed by atoms with Crippen LogP contribution in [0.4, 0.5) is 0 Å². The van der Waals surface area contributed by atoms with Crippen molar-refractivity contribution in [3.63, 3.8) is 0 Å². The van der Waals surface area contributed by atoms with Crippen molar-refractivity contribution in [2.45, 2.75) is 56.6 Å². The molecule has 0 radical (unpaired) electrons. The number of para-hydroxylation sites is 1. The summed E-state index contributed by atoms with van der Waals surface area (Å²) in [7, 11) is -2.11. The van der Waals surface area contributed by atoms with E-state index in [0.717, 1.165) is 11.1 Å². The van der Waals surface area contributed by atoms with E-state index in [4.69, 9.17) is 9.02 Å². The Kier molecular flexibility index (Phi) is 5.39. The summed E-state index contributed by atoms with van der Waals surface area (Å²) < 4.78 is 40.3. The summed E-state index contributed by atoms with van der Waals surface area (Å²) in [6.45, 7) is 8.24. The molecule has 0 aliphatic carbocycles. The molecule has 2 aliphatic rings. The van der Waals surface area contributed by atoms with Gasteiger partial charge in [0.15, 0.2) is 5.43 Å². The SMILES string of the molecule is CCC1[C@H]2c3c(n(C)c4ccccc4c3=O)OC(C)(C)[C@@H]2CN1OS(=O)(=O)c1ccc(C)cc1. The predicted molar refractivity (Wildman–Crippen MR) is 130 cm³/mol. The standard InChI is InChI=1S/C26H30N2O5S/c1-6-20-22-19(15-28(20)33-34(30,31)17-13-11-16(2)12-14-17)26(3,4)32-25-23(22)24(29)18-9-7-8-10-21(18)27(25)5/h7-14,19-20,22H,6,15H2,1-5H3/t19-,20?,22+/m1/s1. The maximum absolute atomic E-state index is 13.7. The van der Waals surface area contributed by atoms with Gasteiger partial charge in [-0.05, 0) is 51.5 Å². The molecular formula is C26H30N2O5S. The Morgan fingerprint density at radius 1 is 1.12 bits per heavy atom. The lowest BCUT2D eigenvalue weighted by molar-refractivity contribution is -0.0725. The fourth-order valence-electron chi connectivity index (χ4n) is 5.59. The van der Waals surface area contributed by atoms with Crippen molar-refractivity contribution in [1.82, 2.24) is 9.63 Å². The lowest BCUT2D eigenvalue weighted by Gasteiger charge is -2.42. The van der Waals surface area contributed by atoms with Gasteiger partial charge in [-0.3, -0.25) is 4.79 Å². The minimum Gasteiger partial charge on any atom is -0.472 e. The van der Waals surface area contributed by atoms with Crippen molar-refractivity contribution in [3.8, 4) is 5.88 Å². The molecule has 3 heterocycles. The number of pyridine rings is 1. The minimum absolute atomic E-state index is 0.0594. The molecule has 2 aromatic carbocycles. The van der Waals surface area contributed by atoms with E-state index in [-0.39, 0.29) is 28.2 Å². The summed E-state index contributed by atoms with van der Waals surface area (Å²) in [6, 6.07) is 13.8. The van der Waals surface area contributed by atoms with E-state index in [1.165, 1.54) is 0 Å². The Morgan fingerprint density at radius 3 is 2.47 bits per heavy atom. The Balaban J connectivity index is 1.62. The molecule has 1 fully saturated rings. The number of nitrogens with zero attached hydrogens (tertiary/aromatic N) is 2. The smallest absolute Gasteiger partial charge is 0.313 e. The van der Waals surface area contributed by atoms with Gasteiger partial charge >= 0.3 is 10.1 Å². The Labute approximate surface area is 200 Å². The van der Waals surface area contributed by atoms with E-state index in [1.807, 2.05) is 63.6 Å². The van der Waals surface area contributed by atoms with Gasteiger partial charge in [-0.1, -0.05) is 36.8 Å². The first-order chi connectivity index (χ1) is 16.0. The summed E-state index contributed by atoms with van der Waals surface area (Å²) >= 11 is 0. The Hall–Kier alpha value is -2.68. The summed E-state index contributed by atoms with van der Waals surface area (Å²) in [6.07, 6.45) is 0.621. The third kappa shape index (κ3) is 3.47. The van der Waals surface area contributed by atoms with E-state index >= 15 is 0 Å². The van der Waals surface area contributed by atoms with Gasteiger partial charge in [0, 0.05) is 36.9 Å². The molecule has 0 N–H and O–H groups in total. The zero-order valence-corrected chi connectivity index (χ0v) is 20.9. The van der Waals surface area contributed by atoms with Gasteiger partial charge in [-0.15, -0.1) is 0 Å². The monoisotopic (exact) mass is 482 g/mol. The number of benzene rings is 2. The molecule has 3 aromatic rings. The van der Waals surface area contributed by atoms with Crippen LogP contribution in [0, 0.1) is 12.8 Å². The first-order valence-electron chi connectivity index (χ1n) is 11.6. The molecule has 34 heavy (non-hydrogen) atoms. The van der Waals surface area contributed by atoms with Gasteiger partial charge in [-0.25, -0.2) is 0 Å². The number of hydrogen-bond acceptors (Lipinski definition) is 6. The summed E-state index contributed by atoms with van der Waals surface area (Å²) in [4.78, 5) is 13.8. The highest BCUT2D eigenvalue weighted by atomic mass is 32.2.